The van der Waals surface area contributed by atoms with Gasteiger partial charge in [-0.05, 0) is 23.6 Å². The fourth-order valence-corrected chi connectivity index (χ4v) is 2.19. The number of rotatable bonds is 5. The van der Waals surface area contributed by atoms with Gasteiger partial charge in [0, 0.05) is 5.69 Å². The zero-order chi connectivity index (χ0) is 14.5. The van der Waals surface area contributed by atoms with E-state index in [1.54, 1.807) is 0 Å². The highest BCUT2D eigenvalue weighted by atomic mass is 35.5. The number of aromatic nitrogens is 2. The number of halogens is 1. The Labute approximate surface area is 127 Å². The lowest BCUT2D eigenvalue weighted by molar-refractivity contribution is 0.530. The molecule has 106 valence electrons. The number of nitrogens with zero attached hydrogens (tertiary/aromatic N) is 2. The van der Waals surface area contributed by atoms with E-state index in [9.17, 15) is 0 Å². The molecule has 0 aliphatic rings. The molecule has 4 nitrogen and oxygen atoms in total. The van der Waals surface area contributed by atoms with Gasteiger partial charge in [0.15, 0.2) is 0 Å². The molecule has 0 saturated carbocycles. The first-order valence-corrected chi connectivity index (χ1v) is 7.16. The van der Waals surface area contributed by atoms with Crippen molar-refractivity contribution >= 4 is 23.3 Å². The lowest BCUT2D eigenvalue weighted by atomic mass is 10.0. The number of hydrogen-bond donors (Lipinski definition) is 1. The third kappa shape index (κ3) is 3.41. The minimum absolute atomic E-state index is 0.209. The van der Waals surface area contributed by atoms with Crippen molar-refractivity contribution in [3.05, 3.63) is 71.6 Å². The molecule has 0 fully saturated rings. The maximum absolute atomic E-state index is 5.66. The average Bonchev–Trinajstić information content (AvgIpc) is 2.98. The summed E-state index contributed by atoms with van der Waals surface area (Å²) in [5, 5.41) is 10.9. The molecular formula is C16H14ClN3O. The summed E-state index contributed by atoms with van der Waals surface area (Å²) < 4.78 is 5.38. The molecule has 0 spiro atoms. The van der Waals surface area contributed by atoms with E-state index in [-0.39, 0.29) is 5.88 Å². The molecule has 1 N–H and O–H groups in total. The fourth-order valence-electron chi connectivity index (χ4n) is 2.09. The summed E-state index contributed by atoms with van der Waals surface area (Å²) in [5.41, 5.74) is 3.36. The normalized spacial score (nSPS) is 10.5. The summed E-state index contributed by atoms with van der Waals surface area (Å²) in [7, 11) is 0. The Morgan fingerprint density at radius 3 is 2.48 bits per heavy atom. The SMILES string of the molecule is ClCc1nnc(Nc2ccccc2Cc2ccccc2)o1. The zero-order valence-electron chi connectivity index (χ0n) is 11.3. The maximum atomic E-state index is 5.66. The number of anilines is 2. The predicted octanol–water partition coefficient (Wildman–Crippen LogP) is 4.14. The quantitative estimate of drug-likeness (QED) is 0.719. The first-order valence-electron chi connectivity index (χ1n) is 6.62. The molecule has 0 aliphatic carbocycles. The van der Waals surface area contributed by atoms with Crippen molar-refractivity contribution < 1.29 is 4.42 Å². The first-order chi connectivity index (χ1) is 10.3. The van der Waals surface area contributed by atoms with E-state index in [0.29, 0.717) is 11.9 Å². The second-order valence-corrected chi connectivity index (χ2v) is 4.85. The molecule has 0 radical (unpaired) electrons. The fraction of sp³-hybridized carbons (Fsp3) is 0.125. The molecule has 21 heavy (non-hydrogen) atoms. The number of hydrogen-bond acceptors (Lipinski definition) is 4. The highest BCUT2D eigenvalue weighted by Gasteiger charge is 2.08. The van der Waals surface area contributed by atoms with E-state index in [0.717, 1.165) is 17.7 Å². The van der Waals surface area contributed by atoms with Crippen LogP contribution in [0.2, 0.25) is 0 Å². The van der Waals surface area contributed by atoms with Gasteiger partial charge < -0.3 is 9.73 Å². The predicted molar refractivity (Wildman–Crippen MR) is 82.8 cm³/mol. The molecule has 2 aromatic carbocycles. The number of para-hydroxylation sites is 1. The smallest absolute Gasteiger partial charge is 0.320 e. The van der Waals surface area contributed by atoms with Gasteiger partial charge in [-0.2, -0.15) is 0 Å². The van der Waals surface area contributed by atoms with Gasteiger partial charge in [-0.1, -0.05) is 53.6 Å². The van der Waals surface area contributed by atoms with Gasteiger partial charge in [-0.3, -0.25) is 0 Å². The Bertz CT molecular complexity index is 712. The molecule has 3 rings (SSSR count). The van der Waals surface area contributed by atoms with Gasteiger partial charge in [-0.15, -0.1) is 16.7 Å². The molecule has 0 aliphatic heterocycles. The van der Waals surface area contributed by atoms with Crippen LogP contribution in [0.1, 0.15) is 17.0 Å². The van der Waals surface area contributed by atoms with Gasteiger partial charge in [0.05, 0.1) is 0 Å². The molecule has 5 heteroatoms. The van der Waals surface area contributed by atoms with Gasteiger partial charge >= 0.3 is 6.01 Å². The zero-order valence-corrected chi connectivity index (χ0v) is 12.0. The van der Waals surface area contributed by atoms with Crippen LogP contribution in [-0.2, 0) is 12.3 Å². The van der Waals surface area contributed by atoms with Gasteiger partial charge in [0.2, 0.25) is 5.89 Å². The van der Waals surface area contributed by atoms with Gasteiger partial charge in [0.25, 0.3) is 0 Å². The minimum Gasteiger partial charge on any atom is -0.407 e. The highest BCUT2D eigenvalue weighted by Crippen LogP contribution is 2.22. The minimum atomic E-state index is 0.209. The van der Waals surface area contributed by atoms with E-state index in [1.807, 2.05) is 36.4 Å². The summed E-state index contributed by atoms with van der Waals surface area (Å²) in [5.74, 6) is 0.611. The number of alkyl halides is 1. The van der Waals surface area contributed by atoms with Crippen molar-refractivity contribution in [1.82, 2.24) is 10.2 Å². The van der Waals surface area contributed by atoms with E-state index in [1.165, 1.54) is 5.56 Å². The van der Waals surface area contributed by atoms with Crippen LogP contribution in [0.5, 0.6) is 0 Å². The summed E-state index contributed by atoms with van der Waals surface area (Å²) in [6.07, 6.45) is 0.834. The number of benzene rings is 2. The Morgan fingerprint density at radius 2 is 1.71 bits per heavy atom. The third-order valence-corrected chi connectivity index (χ3v) is 3.31. The Morgan fingerprint density at radius 1 is 0.952 bits per heavy atom. The third-order valence-electron chi connectivity index (χ3n) is 3.08. The van der Waals surface area contributed by atoms with Gasteiger partial charge in [0.1, 0.15) is 5.88 Å². The van der Waals surface area contributed by atoms with Crippen molar-refractivity contribution in [2.24, 2.45) is 0 Å². The van der Waals surface area contributed by atoms with Crippen LogP contribution in [0.4, 0.5) is 11.7 Å². The topological polar surface area (TPSA) is 51.0 Å². The average molecular weight is 300 g/mol. The van der Waals surface area contributed by atoms with Crippen molar-refractivity contribution in [2.75, 3.05) is 5.32 Å². The molecule has 0 amide bonds. The maximum Gasteiger partial charge on any atom is 0.320 e. The van der Waals surface area contributed by atoms with Crippen LogP contribution >= 0.6 is 11.6 Å². The highest BCUT2D eigenvalue weighted by molar-refractivity contribution is 6.16. The second kappa shape index (κ2) is 6.41. The summed E-state index contributed by atoms with van der Waals surface area (Å²) in [6, 6.07) is 18.7. The van der Waals surface area contributed by atoms with E-state index >= 15 is 0 Å². The van der Waals surface area contributed by atoms with Crippen LogP contribution in [0, 0.1) is 0 Å². The second-order valence-electron chi connectivity index (χ2n) is 4.58. The molecular weight excluding hydrogens is 286 g/mol. The van der Waals surface area contributed by atoms with E-state index in [2.05, 4.69) is 33.7 Å². The van der Waals surface area contributed by atoms with Gasteiger partial charge in [-0.25, -0.2) is 0 Å². The molecule has 1 heterocycles. The summed E-state index contributed by atoms with van der Waals surface area (Å²) >= 11 is 5.66. The molecule has 0 saturated heterocycles. The molecule has 1 aromatic heterocycles. The molecule has 3 aromatic rings. The first kappa shape index (κ1) is 13.6. The van der Waals surface area contributed by atoms with Crippen LogP contribution in [-0.4, -0.2) is 10.2 Å². The Balaban J connectivity index is 1.82. The van der Waals surface area contributed by atoms with E-state index in [4.69, 9.17) is 16.0 Å². The summed E-state index contributed by atoms with van der Waals surface area (Å²) in [6.45, 7) is 0. The standard InChI is InChI=1S/C16H14ClN3O/c17-11-15-19-20-16(21-15)18-14-9-5-4-8-13(14)10-12-6-2-1-3-7-12/h1-9H,10-11H2,(H,18,20). The molecule has 0 unspecified atom stereocenters. The van der Waals surface area contributed by atoms with Crippen LogP contribution in [0.15, 0.2) is 59.0 Å². The lowest BCUT2D eigenvalue weighted by Crippen LogP contribution is -1.97. The largest absolute Gasteiger partial charge is 0.407 e. The van der Waals surface area contributed by atoms with E-state index < -0.39 is 0 Å². The van der Waals surface area contributed by atoms with Crippen molar-refractivity contribution in [1.29, 1.82) is 0 Å². The molecule has 0 atom stereocenters. The van der Waals surface area contributed by atoms with Crippen molar-refractivity contribution in [3.8, 4) is 0 Å². The van der Waals surface area contributed by atoms with Crippen LogP contribution in [0.3, 0.4) is 0 Å². The molecule has 0 bridgehead atoms. The Hall–Kier alpha value is -2.33. The van der Waals surface area contributed by atoms with Crippen LogP contribution in [0.25, 0.3) is 0 Å². The van der Waals surface area contributed by atoms with Crippen molar-refractivity contribution in [3.63, 3.8) is 0 Å². The van der Waals surface area contributed by atoms with Crippen LogP contribution < -0.4 is 5.32 Å². The van der Waals surface area contributed by atoms with Crippen molar-refractivity contribution in [2.45, 2.75) is 12.3 Å². The Kier molecular flexibility index (Phi) is 4.17. The monoisotopic (exact) mass is 299 g/mol. The lowest BCUT2D eigenvalue weighted by Gasteiger charge is -2.09. The summed E-state index contributed by atoms with van der Waals surface area (Å²) in [4.78, 5) is 0. The number of nitrogens with one attached hydrogen (secondary N) is 1.